The maximum atomic E-state index is 4.90. The smallest absolute Gasteiger partial charge is 0.382 e. The Balaban J connectivity index is 0.000000303. The number of hydrogen-bond donors (Lipinski definition) is 0. The number of ether oxygens (including phenoxy) is 1. The van der Waals surface area contributed by atoms with E-state index in [0.717, 1.165) is 5.56 Å². The van der Waals surface area contributed by atoms with Crippen molar-refractivity contribution in [3.05, 3.63) is 109 Å². The van der Waals surface area contributed by atoms with Crippen LogP contribution in [0.3, 0.4) is 0 Å². The van der Waals surface area contributed by atoms with Crippen LogP contribution in [-0.4, -0.2) is 7.11 Å². The normalized spacial score (nSPS) is 8.23. The molecule has 0 aromatic heterocycles. The van der Waals surface area contributed by atoms with Crippen molar-refractivity contribution in [2.75, 3.05) is 7.11 Å². The van der Waals surface area contributed by atoms with E-state index in [0.29, 0.717) is 6.61 Å². The summed E-state index contributed by atoms with van der Waals surface area (Å²) in [6, 6.07) is 35.8. The molecule has 0 aliphatic rings. The molecule has 0 heterocycles. The predicted octanol–water partition coefficient (Wildman–Crippen LogP) is 4.60. The predicted molar refractivity (Wildman–Crippen MR) is 86.5 cm³/mol. The van der Waals surface area contributed by atoms with Gasteiger partial charge in [-0.1, -0.05) is 0 Å². The van der Waals surface area contributed by atoms with E-state index in [9.17, 15) is 0 Å². The van der Waals surface area contributed by atoms with Crippen molar-refractivity contribution >= 4 is 0 Å². The molecule has 0 spiro atoms. The van der Waals surface area contributed by atoms with Gasteiger partial charge < -0.3 is 4.74 Å². The summed E-state index contributed by atoms with van der Waals surface area (Å²) in [5.41, 5.74) is 1.10. The molecule has 0 N–H and O–H groups in total. The summed E-state index contributed by atoms with van der Waals surface area (Å²) in [6.45, 7) is 0.654. The van der Waals surface area contributed by atoms with Gasteiger partial charge in [0.1, 0.15) is 0 Å². The zero-order valence-corrected chi connectivity index (χ0v) is 13.7. The van der Waals surface area contributed by atoms with Crippen LogP contribution in [0.25, 0.3) is 0 Å². The molecular weight excluding hydrogens is 312 g/mol. The zero-order chi connectivity index (χ0) is 15.0. The number of rotatable bonds is 2. The second-order valence-corrected chi connectivity index (χ2v) is 3.98. The largest absolute Gasteiger partial charge is 3.00 e. The molecule has 3 rings (SSSR count). The molecule has 2 heteroatoms. The molecule has 0 amide bonds. The Kier molecular flexibility index (Phi) is 14.2. The Hall–Kier alpha value is -1.86. The molecule has 113 valence electrons. The van der Waals surface area contributed by atoms with Crippen LogP contribution in [0.5, 0.6) is 0 Å². The van der Waals surface area contributed by atoms with Gasteiger partial charge in [0.05, 0.1) is 0 Å². The standard InChI is InChI=1S/C8H9O.2C6H5.Fe/c1-9-7-8-5-3-2-4-6-8;2*1-2-4-6-5-3-1;/h2-5H,7H2,1H3;2*1-5H;/q3*-1;+3. The molecular formula is C20H19FeO. The van der Waals surface area contributed by atoms with E-state index < -0.39 is 0 Å². The van der Waals surface area contributed by atoms with Gasteiger partial charge in [-0.05, 0) is 0 Å². The van der Waals surface area contributed by atoms with Crippen LogP contribution in [-0.2, 0) is 28.4 Å². The first-order valence-corrected chi connectivity index (χ1v) is 6.70. The molecule has 0 saturated heterocycles. The Morgan fingerprint density at radius 1 is 0.727 bits per heavy atom. The van der Waals surface area contributed by atoms with Crippen molar-refractivity contribution in [3.8, 4) is 0 Å². The summed E-state index contributed by atoms with van der Waals surface area (Å²) in [5.74, 6) is 0. The van der Waals surface area contributed by atoms with Crippen molar-refractivity contribution < 1.29 is 21.8 Å². The van der Waals surface area contributed by atoms with Crippen LogP contribution in [0.4, 0.5) is 0 Å². The third kappa shape index (κ3) is 11.9. The van der Waals surface area contributed by atoms with Crippen LogP contribution in [0.15, 0.2) is 84.9 Å². The molecule has 0 fully saturated rings. The van der Waals surface area contributed by atoms with Gasteiger partial charge in [-0.25, -0.2) is 0 Å². The minimum absolute atomic E-state index is 0. The van der Waals surface area contributed by atoms with Gasteiger partial charge in [0, 0.05) is 13.7 Å². The van der Waals surface area contributed by atoms with E-state index >= 15 is 0 Å². The molecule has 0 aliphatic heterocycles. The van der Waals surface area contributed by atoms with Crippen molar-refractivity contribution in [1.29, 1.82) is 0 Å². The van der Waals surface area contributed by atoms with E-state index in [1.54, 1.807) is 7.11 Å². The summed E-state index contributed by atoms with van der Waals surface area (Å²) < 4.78 is 4.90. The molecule has 3 aromatic carbocycles. The van der Waals surface area contributed by atoms with Gasteiger partial charge >= 0.3 is 17.1 Å². The van der Waals surface area contributed by atoms with Gasteiger partial charge in [0.15, 0.2) is 0 Å². The molecule has 0 bridgehead atoms. The topological polar surface area (TPSA) is 9.23 Å². The van der Waals surface area contributed by atoms with Crippen molar-refractivity contribution in [3.63, 3.8) is 0 Å². The van der Waals surface area contributed by atoms with Crippen molar-refractivity contribution in [2.45, 2.75) is 6.61 Å². The summed E-state index contributed by atoms with van der Waals surface area (Å²) in [7, 11) is 1.68. The fourth-order valence-corrected chi connectivity index (χ4v) is 1.36. The van der Waals surface area contributed by atoms with Gasteiger partial charge in [0.25, 0.3) is 0 Å². The first-order valence-electron chi connectivity index (χ1n) is 6.70. The molecule has 0 atom stereocenters. The monoisotopic (exact) mass is 331 g/mol. The Labute approximate surface area is 144 Å². The third-order valence-corrected chi connectivity index (χ3v) is 2.29. The van der Waals surface area contributed by atoms with Gasteiger partial charge in [-0.3, -0.25) is 0 Å². The second kappa shape index (κ2) is 15.5. The summed E-state index contributed by atoms with van der Waals surface area (Å²) in [5, 5.41) is 0. The van der Waals surface area contributed by atoms with Crippen LogP contribution < -0.4 is 0 Å². The average Bonchev–Trinajstić information content (AvgIpc) is 2.60. The van der Waals surface area contributed by atoms with Gasteiger partial charge in [0.2, 0.25) is 0 Å². The molecule has 3 aromatic rings. The van der Waals surface area contributed by atoms with E-state index in [-0.39, 0.29) is 17.1 Å². The van der Waals surface area contributed by atoms with E-state index in [2.05, 4.69) is 18.2 Å². The molecule has 0 aliphatic carbocycles. The maximum absolute atomic E-state index is 4.90. The molecule has 1 nitrogen and oxygen atoms in total. The fourth-order valence-electron chi connectivity index (χ4n) is 1.36. The van der Waals surface area contributed by atoms with Crippen LogP contribution >= 0.6 is 0 Å². The van der Waals surface area contributed by atoms with E-state index in [1.807, 2.05) is 84.9 Å². The van der Waals surface area contributed by atoms with Crippen molar-refractivity contribution in [2.24, 2.45) is 0 Å². The Morgan fingerprint density at radius 2 is 1.23 bits per heavy atom. The van der Waals surface area contributed by atoms with E-state index in [4.69, 9.17) is 4.74 Å². The van der Waals surface area contributed by atoms with Crippen LogP contribution in [0.2, 0.25) is 0 Å². The molecule has 22 heavy (non-hydrogen) atoms. The SMILES string of the molecule is COCc1[c-]cccc1.[Fe+3].[c-]1ccccc1.[c-]1ccccc1. The fraction of sp³-hybridized carbons (Fsp3) is 0.100. The van der Waals surface area contributed by atoms with Crippen molar-refractivity contribution in [1.82, 2.24) is 0 Å². The summed E-state index contributed by atoms with van der Waals surface area (Å²) in [6.07, 6.45) is 0. The van der Waals surface area contributed by atoms with Crippen LogP contribution in [0.1, 0.15) is 5.56 Å². The number of methoxy groups -OCH3 is 1. The minimum Gasteiger partial charge on any atom is -0.382 e. The zero-order valence-electron chi connectivity index (χ0n) is 12.6. The average molecular weight is 331 g/mol. The number of hydrogen-bond acceptors (Lipinski definition) is 1. The second-order valence-electron chi connectivity index (χ2n) is 3.98. The Morgan fingerprint density at radius 3 is 1.50 bits per heavy atom. The third-order valence-electron chi connectivity index (χ3n) is 2.29. The summed E-state index contributed by atoms with van der Waals surface area (Å²) in [4.78, 5) is 0. The molecule has 0 saturated carbocycles. The quantitative estimate of drug-likeness (QED) is 0.492. The molecule has 0 unspecified atom stereocenters. The first kappa shape index (κ1) is 20.1. The minimum atomic E-state index is 0. The summed E-state index contributed by atoms with van der Waals surface area (Å²) >= 11 is 0. The van der Waals surface area contributed by atoms with Gasteiger partial charge in [-0.2, -0.15) is 103 Å². The maximum Gasteiger partial charge on any atom is 3.00 e. The number of benzene rings is 3. The first-order chi connectivity index (χ1) is 10.4. The Bertz CT molecular complexity index is 441. The van der Waals surface area contributed by atoms with E-state index in [1.165, 1.54) is 0 Å². The van der Waals surface area contributed by atoms with Gasteiger partial charge in [-0.15, -0.1) is 5.56 Å². The molecule has 1 radical (unpaired) electrons. The van der Waals surface area contributed by atoms with Crippen LogP contribution in [0, 0.1) is 18.2 Å².